The Morgan fingerprint density at radius 2 is 1.56 bits per heavy atom. The van der Waals surface area contributed by atoms with Gasteiger partial charge in [-0.3, -0.25) is 4.79 Å². The summed E-state index contributed by atoms with van der Waals surface area (Å²) in [5.41, 5.74) is -3.59. The Kier molecular flexibility index (Phi) is 3.76. The molecule has 0 saturated carbocycles. The summed E-state index contributed by atoms with van der Waals surface area (Å²) in [6, 6.07) is 8.44. The predicted molar refractivity (Wildman–Crippen MR) is 64.1 cm³/mol. The van der Waals surface area contributed by atoms with Gasteiger partial charge in [-0.25, -0.2) is 4.79 Å². The molecule has 1 aromatic rings. The Labute approximate surface area is 105 Å². The van der Waals surface area contributed by atoms with Gasteiger partial charge >= 0.3 is 11.9 Å². The average Bonchev–Trinajstić information content (AvgIpc) is 2.29. The fraction of sp³-hybridized carbons (Fsp3) is 0.385. The molecular formula is C13H16O5. The lowest BCUT2D eigenvalue weighted by Gasteiger charge is -2.35. The average molecular weight is 252 g/mol. The Balaban J connectivity index is 3.17. The minimum atomic E-state index is -2.36. The number of rotatable bonds is 5. The van der Waals surface area contributed by atoms with E-state index in [1.165, 1.54) is 13.8 Å². The number of aliphatic hydroxyl groups is 1. The lowest BCUT2D eigenvalue weighted by Crippen LogP contribution is -2.56. The Morgan fingerprint density at radius 1 is 1.06 bits per heavy atom. The van der Waals surface area contributed by atoms with Crippen molar-refractivity contribution < 1.29 is 24.9 Å². The molecule has 5 heteroatoms. The lowest BCUT2D eigenvalue weighted by molar-refractivity contribution is -0.185. The molecule has 1 atom stereocenters. The van der Waals surface area contributed by atoms with Gasteiger partial charge in [-0.1, -0.05) is 30.3 Å². The van der Waals surface area contributed by atoms with Gasteiger partial charge < -0.3 is 15.3 Å². The normalized spacial score (nSPS) is 14.8. The van der Waals surface area contributed by atoms with Gasteiger partial charge in [0.15, 0.2) is 5.60 Å². The summed E-state index contributed by atoms with van der Waals surface area (Å²) in [5, 5.41) is 28.5. The van der Waals surface area contributed by atoms with E-state index in [0.29, 0.717) is 5.56 Å². The van der Waals surface area contributed by atoms with E-state index in [9.17, 15) is 14.7 Å². The van der Waals surface area contributed by atoms with Crippen molar-refractivity contribution in [3.8, 4) is 0 Å². The van der Waals surface area contributed by atoms with Gasteiger partial charge in [0.05, 0.1) is 0 Å². The maximum atomic E-state index is 11.3. The van der Waals surface area contributed by atoms with Crippen LogP contribution in [0.3, 0.4) is 0 Å². The van der Waals surface area contributed by atoms with E-state index in [4.69, 9.17) is 10.2 Å². The van der Waals surface area contributed by atoms with Crippen molar-refractivity contribution >= 4 is 11.9 Å². The van der Waals surface area contributed by atoms with Crippen LogP contribution in [0.25, 0.3) is 0 Å². The molecule has 0 radical (unpaired) electrons. The standard InChI is InChI=1S/C13H16O5/c1-12(2,10(14)15)13(18,11(16)17)8-9-6-4-3-5-7-9/h3-7,18H,8H2,1-2H3,(H,14,15)(H,16,17). The molecule has 0 aliphatic heterocycles. The van der Waals surface area contributed by atoms with Gasteiger partial charge in [0.2, 0.25) is 0 Å². The molecule has 0 fully saturated rings. The van der Waals surface area contributed by atoms with Crippen molar-refractivity contribution in [3.63, 3.8) is 0 Å². The summed E-state index contributed by atoms with van der Waals surface area (Å²) >= 11 is 0. The second-order valence-electron chi connectivity index (χ2n) is 4.76. The van der Waals surface area contributed by atoms with Crippen molar-refractivity contribution in [1.82, 2.24) is 0 Å². The summed E-state index contributed by atoms with van der Waals surface area (Å²) < 4.78 is 0. The molecule has 0 heterocycles. The van der Waals surface area contributed by atoms with Crippen molar-refractivity contribution in [3.05, 3.63) is 35.9 Å². The van der Waals surface area contributed by atoms with Gasteiger partial charge in [0.1, 0.15) is 5.41 Å². The fourth-order valence-electron chi connectivity index (χ4n) is 1.63. The highest BCUT2D eigenvalue weighted by molar-refractivity contribution is 5.88. The molecule has 3 N–H and O–H groups in total. The lowest BCUT2D eigenvalue weighted by atomic mass is 9.71. The van der Waals surface area contributed by atoms with Gasteiger partial charge in [0, 0.05) is 6.42 Å². The topological polar surface area (TPSA) is 94.8 Å². The number of aliphatic carboxylic acids is 2. The van der Waals surface area contributed by atoms with Crippen LogP contribution in [-0.4, -0.2) is 32.9 Å². The van der Waals surface area contributed by atoms with Crippen molar-refractivity contribution in [2.75, 3.05) is 0 Å². The van der Waals surface area contributed by atoms with Crippen LogP contribution in [-0.2, 0) is 16.0 Å². The highest BCUT2D eigenvalue weighted by atomic mass is 16.4. The molecule has 0 amide bonds. The quantitative estimate of drug-likeness (QED) is 0.730. The van der Waals surface area contributed by atoms with Crippen LogP contribution >= 0.6 is 0 Å². The molecule has 0 aliphatic carbocycles. The summed E-state index contributed by atoms with van der Waals surface area (Å²) in [7, 11) is 0. The smallest absolute Gasteiger partial charge is 0.337 e. The first kappa shape index (κ1) is 14.2. The molecular weight excluding hydrogens is 236 g/mol. The van der Waals surface area contributed by atoms with Crippen LogP contribution in [0.2, 0.25) is 0 Å². The fourth-order valence-corrected chi connectivity index (χ4v) is 1.63. The molecule has 98 valence electrons. The van der Waals surface area contributed by atoms with E-state index < -0.39 is 23.0 Å². The first-order chi connectivity index (χ1) is 8.22. The summed E-state index contributed by atoms with van der Waals surface area (Å²) in [6.07, 6.45) is -0.261. The Bertz CT molecular complexity index is 452. The SMILES string of the molecule is CC(C)(C(=O)O)C(O)(Cc1ccccc1)C(=O)O. The van der Waals surface area contributed by atoms with Crippen molar-refractivity contribution in [2.24, 2.45) is 5.41 Å². The molecule has 0 spiro atoms. The summed E-state index contributed by atoms with van der Waals surface area (Å²) in [4.78, 5) is 22.4. The van der Waals surface area contributed by atoms with E-state index in [-0.39, 0.29) is 6.42 Å². The van der Waals surface area contributed by atoms with E-state index in [1.54, 1.807) is 30.3 Å². The van der Waals surface area contributed by atoms with Crippen LogP contribution < -0.4 is 0 Å². The summed E-state index contributed by atoms with van der Waals surface area (Å²) in [6.45, 7) is 2.40. The molecule has 5 nitrogen and oxygen atoms in total. The molecule has 0 aromatic heterocycles. The molecule has 18 heavy (non-hydrogen) atoms. The third kappa shape index (κ3) is 2.36. The Morgan fingerprint density at radius 3 is 1.94 bits per heavy atom. The molecule has 1 aromatic carbocycles. The van der Waals surface area contributed by atoms with Gasteiger partial charge in [-0.2, -0.15) is 0 Å². The van der Waals surface area contributed by atoms with Gasteiger partial charge in [-0.05, 0) is 19.4 Å². The second-order valence-corrected chi connectivity index (χ2v) is 4.76. The van der Waals surface area contributed by atoms with E-state index in [0.717, 1.165) is 0 Å². The zero-order chi connectivity index (χ0) is 14.0. The maximum absolute atomic E-state index is 11.3. The molecule has 1 rings (SSSR count). The third-order valence-electron chi connectivity index (χ3n) is 3.23. The third-order valence-corrected chi connectivity index (χ3v) is 3.23. The van der Waals surface area contributed by atoms with Crippen LogP contribution in [0.1, 0.15) is 19.4 Å². The predicted octanol–water partition coefficient (Wildman–Crippen LogP) is 1.16. The van der Waals surface area contributed by atoms with Crippen molar-refractivity contribution in [1.29, 1.82) is 0 Å². The minimum absolute atomic E-state index is 0.261. The number of hydrogen-bond donors (Lipinski definition) is 3. The van der Waals surface area contributed by atoms with Crippen LogP contribution in [0.4, 0.5) is 0 Å². The summed E-state index contributed by atoms with van der Waals surface area (Å²) in [5.74, 6) is -2.90. The monoisotopic (exact) mass is 252 g/mol. The van der Waals surface area contributed by atoms with Crippen LogP contribution in [0, 0.1) is 5.41 Å². The van der Waals surface area contributed by atoms with E-state index in [2.05, 4.69) is 0 Å². The molecule has 0 bridgehead atoms. The zero-order valence-corrected chi connectivity index (χ0v) is 10.3. The second kappa shape index (κ2) is 4.78. The van der Waals surface area contributed by atoms with Crippen molar-refractivity contribution in [2.45, 2.75) is 25.9 Å². The minimum Gasteiger partial charge on any atom is -0.481 e. The number of benzene rings is 1. The molecule has 1 unspecified atom stereocenters. The van der Waals surface area contributed by atoms with E-state index >= 15 is 0 Å². The van der Waals surface area contributed by atoms with Gasteiger partial charge in [0.25, 0.3) is 0 Å². The molecule has 0 saturated heterocycles. The first-order valence-corrected chi connectivity index (χ1v) is 5.45. The number of carboxylic acids is 2. The van der Waals surface area contributed by atoms with Gasteiger partial charge in [-0.15, -0.1) is 0 Å². The first-order valence-electron chi connectivity index (χ1n) is 5.45. The zero-order valence-electron chi connectivity index (χ0n) is 10.3. The van der Waals surface area contributed by atoms with Crippen LogP contribution in [0.15, 0.2) is 30.3 Å². The largest absolute Gasteiger partial charge is 0.481 e. The van der Waals surface area contributed by atoms with Crippen LogP contribution in [0.5, 0.6) is 0 Å². The highest BCUT2D eigenvalue weighted by Gasteiger charge is 2.54. The highest BCUT2D eigenvalue weighted by Crippen LogP contribution is 2.34. The number of hydrogen-bond acceptors (Lipinski definition) is 3. The Hall–Kier alpha value is -1.88. The molecule has 0 aliphatic rings. The number of carbonyl (C=O) groups is 2. The number of carboxylic acid groups (broad SMARTS) is 2. The maximum Gasteiger partial charge on any atom is 0.337 e. The van der Waals surface area contributed by atoms with E-state index in [1.807, 2.05) is 0 Å².